The Kier molecular flexibility index (Phi) is 7.12. The Labute approximate surface area is 110 Å². The van der Waals surface area contributed by atoms with E-state index in [2.05, 4.69) is 34.2 Å². The van der Waals surface area contributed by atoms with Gasteiger partial charge in [-0.3, -0.25) is 0 Å². The van der Waals surface area contributed by atoms with Crippen molar-refractivity contribution in [1.29, 1.82) is 0 Å². The highest BCUT2D eigenvalue weighted by atomic mass is 79.9. The van der Waals surface area contributed by atoms with E-state index in [1.807, 2.05) is 18.2 Å². The predicted molar refractivity (Wildman–Crippen MR) is 74.0 cm³/mol. The van der Waals surface area contributed by atoms with Crippen LogP contribution in [0.25, 0.3) is 0 Å². The summed E-state index contributed by atoms with van der Waals surface area (Å²) >= 11 is 5.28. The molecule has 2 nitrogen and oxygen atoms in total. The fraction of sp³-hybridized carbons (Fsp3) is 0.500. The SMILES string of the molecule is CCCNC(CO)CSc1ccccc1Br. The van der Waals surface area contributed by atoms with E-state index in [1.165, 1.54) is 4.90 Å². The monoisotopic (exact) mass is 303 g/mol. The molecule has 1 aromatic carbocycles. The molecule has 0 aromatic heterocycles. The van der Waals surface area contributed by atoms with Gasteiger partial charge in [0.2, 0.25) is 0 Å². The smallest absolute Gasteiger partial charge is 0.0592 e. The van der Waals surface area contributed by atoms with E-state index < -0.39 is 0 Å². The van der Waals surface area contributed by atoms with Crippen molar-refractivity contribution in [3.05, 3.63) is 28.7 Å². The summed E-state index contributed by atoms with van der Waals surface area (Å²) in [6.45, 7) is 3.28. The normalized spacial score (nSPS) is 12.7. The van der Waals surface area contributed by atoms with Crippen molar-refractivity contribution in [2.24, 2.45) is 0 Å². The Morgan fingerprint density at radius 2 is 2.19 bits per heavy atom. The Balaban J connectivity index is 2.40. The molecule has 0 aliphatic rings. The summed E-state index contributed by atoms with van der Waals surface area (Å²) in [5.41, 5.74) is 0. The van der Waals surface area contributed by atoms with E-state index in [1.54, 1.807) is 11.8 Å². The first kappa shape index (κ1) is 14.0. The van der Waals surface area contributed by atoms with Crippen LogP contribution in [-0.4, -0.2) is 30.1 Å². The predicted octanol–water partition coefficient (Wildman–Crippen LogP) is 2.90. The molecule has 0 saturated heterocycles. The minimum absolute atomic E-state index is 0.178. The number of nitrogens with one attached hydrogen (secondary N) is 1. The van der Waals surface area contributed by atoms with Crippen LogP contribution in [-0.2, 0) is 0 Å². The molecular formula is C12H18BrNOS. The number of aliphatic hydroxyl groups is 1. The molecule has 1 rings (SSSR count). The van der Waals surface area contributed by atoms with Gasteiger partial charge < -0.3 is 10.4 Å². The zero-order chi connectivity index (χ0) is 11.8. The maximum Gasteiger partial charge on any atom is 0.0592 e. The molecule has 0 radical (unpaired) electrons. The van der Waals surface area contributed by atoms with E-state index in [0.29, 0.717) is 0 Å². The van der Waals surface area contributed by atoms with Crippen LogP contribution in [0.15, 0.2) is 33.6 Å². The van der Waals surface area contributed by atoms with Crippen molar-refractivity contribution in [2.45, 2.75) is 24.3 Å². The highest BCUT2D eigenvalue weighted by Gasteiger charge is 2.07. The van der Waals surface area contributed by atoms with Crippen LogP contribution in [0.5, 0.6) is 0 Å². The third-order valence-electron chi connectivity index (χ3n) is 2.18. The summed E-state index contributed by atoms with van der Waals surface area (Å²) < 4.78 is 1.12. The summed E-state index contributed by atoms with van der Waals surface area (Å²) in [6, 6.07) is 8.34. The first-order valence-electron chi connectivity index (χ1n) is 5.49. The second kappa shape index (κ2) is 8.12. The summed E-state index contributed by atoms with van der Waals surface area (Å²) in [4.78, 5) is 1.22. The lowest BCUT2D eigenvalue weighted by molar-refractivity contribution is 0.254. The van der Waals surface area contributed by atoms with E-state index in [4.69, 9.17) is 0 Å². The molecular weight excluding hydrogens is 286 g/mol. The molecule has 0 aliphatic heterocycles. The van der Waals surface area contributed by atoms with E-state index in [-0.39, 0.29) is 12.6 Å². The summed E-state index contributed by atoms with van der Waals surface area (Å²) in [5.74, 6) is 0.888. The molecule has 4 heteroatoms. The molecule has 16 heavy (non-hydrogen) atoms. The molecule has 0 spiro atoms. The van der Waals surface area contributed by atoms with E-state index in [9.17, 15) is 5.11 Å². The summed E-state index contributed by atoms with van der Waals surface area (Å²) in [6.07, 6.45) is 1.09. The molecule has 1 aromatic rings. The molecule has 0 saturated carbocycles. The van der Waals surface area contributed by atoms with Crippen LogP contribution in [0.4, 0.5) is 0 Å². The standard InChI is InChI=1S/C12H18BrNOS/c1-2-7-14-10(8-15)9-16-12-6-4-3-5-11(12)13/h3-6,10,14-15H,2,7-9H2,1H3. The van der Waals surface area contributed by atoms with Crippen molar-refractivity contribution < 1.29 is 5.11 Å². The van der Waals surface area contributed by atoms with Crippen LogP contribution < -0.4 is 5.32 Å². The van der Waals surface area contributed by atoms with Crippen molar-refractivity contribution in [3.63, 3.8) is 0 Å². The van der Waals surface area contributed by atoms with Crippen LogP contribution in [0.3, 0.4) is 0 Å². The second-order valence-electron chi connectivity index (χ2n) is 3.58. The van der Waals surface area contributed by atoms with Gasteiger partial charge in [-0.1, -0.05) is 19.1 Å². The average molecular weight is 304 g/mol. The largest absolute Gasteiger partial charge is 0.395 e. The van der Waals surface area contributed by atoms with E-state index >= 15 is 0 Å². The first-order valence-corrected chi connectivity index (χ1v) is 7.27. The molecule has 0 fully saturated rings. The molecule has 1 unspecified atom stereocenters. The lowest BCUT2D eigenvalue weighted by Crippen LogP contribution is -2.35. The molecule has 90 valence electrons. The maximum atomic E-state index is 9.21. The van der Waals surface area contributed by atoms with Gasteiger partial charge in [0.05, 0.1) is 6.61 Å². The minimum atomic E-state index is 0.178. The summed E-state index contributed by atoms with van der Waals surface area (Å²) in [5, 5.41) is 12.5. The van der Waals surface area contributed by atoms with Crippen LogP contribution >= 0.6 is 27.7 Å². The molecule has 0 heterocycles. The van der Waals surface area contributed by atoms with Crippen molar-refractivity contribution in [3.8, 4) is 0 Å². The Morgan fingerprint density at radius 1 is 1.44 bits per heavy atom. The molecule has 0 amide bonds. The van der Waals surface area contributed by atoms with Crippen molar-refractivity contribution in [2.75, 3.05) is 18.9 Å². The van der Waals surface area contributed by atoms with Gasteiger partial charge in [0.1, 0.15) is 0 Å². The Bertz CT molecular complexity index is 309. The lowest BCUT2D eigenvalue weighted by atomic mass is 10.3. The van der Waals surface area contributed by atoms with Gasteiger partial charge in [-0.15, -0.1) is 11.8 Å². The van der Waals surface area contributed by atoms with E-state index in [0.717, 1.165) is 23.2 Å². The molecule has 0 bridgehead atoms. The van der Waals surface area contributed by atoms with Gasteiger partial charge in [-0.05, 0) is 41.0 Å². The third-order valence-corrected chi connectivity index (χ3v) is 4.37. The summed E-state index contributed by atoms with van der Waals surface area (Å²) in [7, 11) is 0. The van der Waals surface area contributed by atoms with Crippen LogP contribution in [0, 0.1) is 0 Å². The highest BCUT2D eigenvalue weighted by molar-refractivity contribution is 9.10. The van der Waals surface area contributed by atoms with Crippen LogP contribution in [0.1, 0.15) is 13.3 Å². The van der Waals surface area contributed by atoms with Gasteiger partial charge in [-0.2, -0.15) is 0 Å². The zero-order valence-electron chi connectivity index (χ0n) is 9.45. The number of aliphatic hydroxyl groups excluding tert-OH is 1. The lowest BCUT2D eigenvalue weighted by Gasteiger charge is -2.15. The topological polar surface area (TPSA) is 32.3 Å². The van der Waals surface area contributed by atoms with Crippen LogP contribution in [0.2, 0.25) is 0 Å². The molecule has 1 atom stereocenters. The highest BCUT2D eigenvalue weighted by Crippen LogP contribution is 2.27. The fourth-order valence-electron chi connectivity index (χ4n) is 1.28. The van der Waals surface area contributed by atoms with Gasteiger partial charge in [0.15, 0.2) is 0 Å². The first-order chi connectivity index (χ1) is 7.77. The van der Waals surface area contributed by atoms with Gasteiger partial charge in [0, 0.05) is 21.2 Å². The quantitative estimate of drug-likeness (QED) is 0.760. The number of hydrogen-bond acceptors (Lipinski definition) is 3. The number of hydrogen-bond donors (Lipinski definition) is 2. The number of halogens is 1. The Morgan fingerprint density at radius 3 is 2.81 bits per heavy atom. The van der Waals surface area contributed by atoms with Gasteiger partial charge in [0.25, 0.3) is 0 Å². The molecule has 2 N–H and O–H groups in total. The second-order valence-corrected chi connectivity index (χ2v) is 5.49. The average Bonchev–Trinajstić information content (AvgIpc) is 2.31. The van der Waals surface area contributed by atoms with Crippen molar-refractivity contribution in [1.82, 2.24) is 5.32 Å². The third kappa shape index (κ3) is 4.87. The zero-order valence-corrected chi connectivity index (χ0v) is 11.9. The minimum Gasteiger partial charge on any atom is -0.395 e. The van der Waals surface area contributed by atoms with Gasteiger partial charge >= 0.3 is 0 Å². The molecule has 0 aliphatic carbocycles. The Hall–Kier alpha value is -0.0300. The van der Waals surface area contributed by atoms with Crippen molar-refractivity contribution >= 4 is 27.7 Å². The van der Waals surface area contributed by atoms with Gasteiger partial charge in [-0.25, -0.2) is 0 Å². The number of rotatable bonds is 7. The number of benzene rings is 1. The maximum absolute atomic E-state index is 9.21. The number of thioether (sulfide) groups is 1. The fourth-order valence-corrected chi connectivity index (χ4v) is 2.89.